The highest BCUT2D eigenvalue weighted by molar-refractivity contribution is 6.99. The van der Waals surface area contributed by atoms with Gasteiger partial charge in [-0.2, -0.15) is 5.26 Å². The van der Waals surface area contributed by atoms with Crippen LogP contribution < -0.4 is 16.4 Å². The Hall–Kier alpha value is -3.77. The van der Waals surface area contributed by atoms with E-state index in [1.54, 1.807) is 0 Å². The lowest BCUT2D eigenvalue weighted by molar-refractivity contribution is 0.646. The normalized spacial score (nSPS) is 14.9. The summed E-state index contributed by atoms with van der Waals surface area (Å²) in [5, 5.41) is 12.0. The van der Waals surface area contributed by atoms with E-state index in [0.717, 1.165) is 5.52 Å². The first-order chi connectivity index (χ1) is 15.1. The Labute approximate surface area is 181 Å². The van der Waals surface area contributed by atoms with Crippen LogP contribution in [0.25, 0.3) is 27.5 Å². The summed E-state index contributed by atoms with van der Waals surface area (Å²) < 4.78 is 2.40. The highest BCUT2D eigenvalue weighted by Crippen LogP contribution is 2.40. The molecule has 2 aliphatic heterocycles. The van der Waals surface area contributed by atoms with Crippen molar-refractivity contribution in [1.82, 2.24) is 4.57 Å². The maximum atomic E-state index is 9.55. The Balaban J connectivity index is 1.77. The molecule has 1 aromatic heterocycles. The molecular formula is C28H19BN2. The summed E-state index contributed by atoms with van der Waals surface area (Å²) in [5.41, 5.74) is 11.3. The summed E-state index contributed by atoms with van der Waals surface area (Å²) in [5.74, 6) is 0. The van der Waals surface area contributed by atoms with E-state index in [0.29, 0.717) is 5.56 Å². The van der Waals surface area contributed by atoms with E-state index in [2.05, 4.69) is 91.2 Å². The fraction of sp³-hybridized carbons (Fsp3) is 0.107. The van der Waals surface area contributed by atoms with Crippen LogP contribution in [0.2, 0.25) is 0 Å². The lowest BCUT2D eigenvalue weighted by atomic mass is 9.30. The molecule has 0 unspecified atom stereocenters. The van der Waals surface area contributed by atoms with Crippen LogP contribution in [-0.2, 0) is 5.41 Å². The number of benzene rings is 4. The molecule has 0 saturated heterocycles. The first-order valence-electron chi connectivity index (χ1n) is 10.8. The van der Waals surface area contributed by atoms with Crippen LogP contribution >= 0.6 is 0 Å². The number of nitrogens with zero attached hydrogens (tertiary/aromatic N) is 2. The second-order valence-corrected chi connectivity index (χ2v) is 9.31. The second kappa shape index (κ2) is 5.48. The topological polar surface area (TPSA) is 28.7 Å². The van der Waals surface area contributed by atoms with Gasteiger partial charge >= 0.3 is 0 Å². The number of aromatic nitrogens is 1. The minimum absolute atomic E-state index is 0.0675. The van der Waals surface area contributed by atoms with Crippen LogP contribution in [0.4, 0.5) is 0 Å². The Morgan fingerprint density at radius 1 is 0.806 bits per heavy atom. The van der Waals surface area contributed by atoms with Gasteiger partial charge in [-0.3, -0.25) is 0 Å². The number of rotatable bonds is 0. The zero-order valence-electron chi connectivity index (χ0n) is 17.5. The fourth-order valence-corrected chi connectivity index (χ4v) is 6.16. The van der Waals surface area contributed by atoms with Crippen LogP contribution in [-0.4, -0.2) is 11.3 Å². The lowest BCUT2D eigenvalue weighted by Crippen LogP contribution is -2.63. The molecule has 5 aromatic rings. The van der Waals surface area contributed by atoms with Crippen molar-refractivity contribution in [2.75, 3.05) is 0 Å². The first-order valence-corrected chi connectivity index (χ1v) is 10.8. The Bertz CT molecular complexity index is 1630. The average Bonchev–Trinajstić information content (AvgIpc) is 3.14. The molecule has 0 N–H and O–H groups in total. The van der Waals surface area contributed by atoms with Crippen molar-refractivity contribution in [3.63, 3.8) is 0 Å². The molecule has 0 spiro atoms. The standard InChI is InChI=1S/C28H19BN2/c1-28(2)20-7-3-4-8-22(20)29-23-9-5-6-10-24(23)31-25-15-17(16-30)11-12-18(25)19-13-14-21(28)26(29)27(19)31/h3-15H,1-2H3. The highest BCUT2D eigenvalue weighted by Gasteiger charge is 2.44. The quantitative estimate of drug-likeness (QED) is 0.356. The molecule has 3 heteroatoms. The van der Waals surface area contributed by atoms with E-state index >= 15 is 0 Å². The monoisotopic (exact) mass is 394 g/mol. The molecule has 0 radical (unpaired) electrons. The molecule has 2 nitrogen and oxygen atoms in total. The van der Waals surface area contributed by atoms with Crippen molar-refractivity contribution in [2.24, 2.45) is 0 Å². The SMILES string of the molecule is CC1(C)c2ccccc2B2c3ccccc3-n3c4cc(C#N)ccc4c4ccc1c2c43. The van der Waals surface area contributed by atoms with Gasteiger partial charge in [-0.25, -0.2) is 0 Å². The van der Waals surface area contributed by atoms with E-state index in [1.165, 1.54) is 49.5 Å². The molecule has 4 aromatic carbocycles. The number of para-hydroxylation sites is 1. The van der Waals surface area contributed by atoms with Gasteiger partial charge in [0.1, 0.15) is 0 Å². The van der Waals surface area contributed by atoms with Gasteiger partial charge in [0.05, 0.1) is 17.1 Å². The zero-order valence-corrected chi connectivity index (χ0v) is 17.5. The number of nitriles is 1. The fourth-order valence-electron chi connectivity index (χ4n) is 6.16. The molecule has 2 aliphatic rings. The van der Waals surface area contributed by atoms with Gasteiger partial charge in [-0.1, -0.05) is 80.0 Å². The summed E-state index contributed by atoms with van der Waals surface area (Å²) in [7, 11) is 0. The van der Waals surface area contributed by atoms with Crippen molar-refractivity contribution in [3.8, 4) is 11.8 Å². The highest BCUT2D eigenvalue weighted by atomic mass is 15.0. The molecule has 0 fully saturated rings. The molecule has 0 amide bonds. The molecule has 144 valence electrons. The Morgan fingerprint density at radius 3 is 2.39 bits per heavy atom. The molecular weight excluding hydrogens is 375 g/mol. The molecule has 0 bridgehead atoms. The third-order valence-electron chi connectivity index (χ3n) is 7.49. The van der Waals surface area contributed by atoms with E-state index in [9.17, 15) is 5.26 Å². The number of hydrogen-bond donors (Lipinski definition) is 0. The maximum absolute atomic E-state index is 9.55. The molecule has 3 heterocycles. The van der Waals surface area contributed by atoms with Crippen LogP contribution in [0.3, 0.4) is 0 Å². The van der Waals surface area contributed by atoms with Gasteiger partial charge < -0.3 is 4.57 Å². The van der Waals surface area contributed by atoms with Crippen molar-refractivity contribution < 1.29 is 0 Å². The van der Waals surface area contributed by atoms with E-state index in [-0.39, 0.29) is 12.1 Å². The minimum atomic E-state index is -0.0675. The number of fused-ring (bicyclic) bond motifs is 8. The minimum Gasteiger partial charge on any atom is -0.310 e. The van der Waals surface area contributed by atoms with Gasteiger partial charge in [0.25, 0.3) is 0 Å². The van der Waals surface area contributed by atoms with Gasteiger partial charge in [0.15, 0.2) is 0 Å². The summed E-state index contributed by atoms with van der Waals surface area (Å²) in [6.07, 6.45) is 0. The van der Waals surface area contributed by atoms with Crippen molar-refractivity contribution in [3.05, 3.63) is 95.6 Å². The van der Waals surface area contributed by atoms with Crippen molar-refractivity contribution >= 4 is 44.9 Å². The molecule has 31 heavy (non-hydrogen) atoms. The molecule has 0 atom stereocenters. The van der Waals surface area contributed by atoms with Crippen LogP contribution in [0.5, 0.6) is 0 Å². The van der Waals surface area contributed by atoms with Crippen LogP contribution in [0, 0.1) is 11.3 Å². The summed E-state index contributed by atoms with van der Waals surface area (Å²) in [4.78, 5) is 0. The van der Waals surface area contributed by atoms with Crippen LogP contribution in [0.1, 0.15) is 30.5 Å². The molecule has 0 aliphatic carbocycles. The van der Waals surface area contributed by atoms with Gasteiger partial charge in [-0.05, 0) is 40.3 Å². The average molecular weight is 394 g/mol. The third kappa shape index (κ3) is 1.89. The Morgan fingerprint density at radius 2 is 1.55 bits per heavy atom. The van der Waals surface area contributed by atoms with Crippen LogP contribution in [0.15, 0.2) is 78.9 Å². The largest absolute Gasteiger partial charge is 0.310 e. The molecule has 0 saturated carbocycles. The van der Waals surface area contributed by atoms with E-state index < -0.39 is 0 Å². The Kier molecular flexibility index (Phi) is 3.00. The number of hydrogen-bond acceptors (Lipinski definition) is 1. The maximum Gasteiger partial charge on any atom is 0.247 e. The molecule has 7 rings (SSSR count). The lowest BCUT2D eigenvalue weighted by Gasteiger charge is -2.41. The van der Waals surface area contributed by atoms with E-state index in [1.807, 2.05) is 12.1 Å². The zero-order chi connectivity index (χ0) is 20.9. The van der Waals surface area contributed by atoms with Gasteiger partial charge in [-0.15, -0.1) is 0 Å². The summed E-state index contributed by atoms with van der Waals surface area (Å²) in [6, 6.07) is 30.8. The van der Waals surface area contributed by atoms with Crippen molar-refractivity contribution in [1.29, 1.82) is 5.26 Å². The second-order valence-electron chi connectivity index (χ2n) is 9.31. The van der Waals surface area contributed by atoms with Gasteiger partial charge in [0.2, 0.25) is 6.71 Å². The summed E-state index contributed by atoms with van der Waals surface area (Å²) in [6.45, 7) is 4.92. The third-order valence-corrected chi connectivity index (χ3v) is 7.49. The first kappa shape index (κ1) is 17.0. The predicted molar refractivity (Wildman–Crippen MR) is 129 cm³/mol. The predicted octanol–water partition coefficient (Wildman–Crippen LogP) is 4.12. The van der Waals surface area contributed by atoms with Gasteiger partial charge in [0, 0.05) is 27.4 Å². The smallest absolute Gasteiger partial charge is 0.247 e. The summed E-state index contributed by atoms with van der Waals surface area (Å²) >= 11 is 0. The van der Waals surface area contributed by atoms with Crippen molar-refractivity contribution in [2.45, 2.75) is 19.3 Å². The van der Waals surface area contributed by atoms with E-state index in [4.69, 9.17) is 0 Å².